The van der Waals surface area contributed by atoms with Crippen LogP contribution in [0.1, 0.15) is 42.0 Å². The Morgan fingerprint density at radius 1 is 1.32 bits per heavy atom. The Bertz CT molecular complexity index is 909. The van der Waals surface area contributed by atoms with Gasteiger partial charge in [0.25, 0.3) is 0 Å². The Morgan fingerprint density at radius 2 is 2.14 bits per heavy atom. The van der Waals surface area contributed by atoms with E-state index in [4.69, 9.17) is 0 Å². The van der Waals surface area contributed by atoms with Gasteiger partial charge in [-0.3, -0.25) is 10.2 Å². The number of carbonyl (C=O) groups excluding carboxylic acids is 1. The molecule has 0 saturated carbocycles. The highest BCUT2D eigenvalue weighted by molar-refractivity contribution is 5.89. The van der Waals surface area contributed by atoms with Crippen LogP contribution in [0.15, 0.2) is 24.3 Å². The number of H-pyrrole nitrogens is 1. The first-order valence-corrected chi connectivity index (χ1v) is 9.69. The Hall–Kier alpha value is -2.71. The summed E-state index contributed by atoms with van der Waals surface area (Å²) in [5.41, 5.74) is 9.19. The van der Waals surface area contributed by atoms with Gasteiger partial charge < -0.3 is 15.0 Å². The zero-order valence-electron chi connectivity index (χ0n) is 16.0. The van der Waals surface area contributed by atoms with Gasteiger partial charge in [-0.2, -0.15) is 0 Å². The van der Waals surface area contributed by atoms with Crippen molar-refractivity contribution in [3.05, 3.63) is 41.2 Å². The van der Waals surface area contributed by atoms with Crippen LogP contribution in [-0.2, 0) is 17.8 Å². The monoisotopic (exact) mass is 383 g/mol. The van der Waals surface area contributed by atoms with Crippen LogP contribution in [0.5, 0.6) is 0 Å². The molecule has 8 heteroatoms. The second kappa shape index (κ2) is 7.37. The third kappa shape index (κ3) is 3.29. The van der Waals surface area contributed by atoms with Crippen LogP contribution in [0.4, 0.5) is 0 Å². The molecule has 1 fully saturated rings. The molecule has 0 aliphatic carbocycles. The number of imidazole rings is 1. The molecular weight excluding hydrogens is 358 g/mol. The fourth-order valence-corrected chi connectivity index (χ4v) is 4.07. The Labute approximate surface area is 163 Å². The normalized spacial score (nSPS) is 24.2. The first-order valence-electron chi connectivity index (χ1n) is 9.69. The van der Waals surface area contributed by atoms with Crippen molar-refractivity contribution in [1.29, 1.82) is 0 Å². The predicted octanol–water partition coefficient (Wildman–Crippen LogP) is 1.55. The molecule has 1 saturated heterocycles. The van der Waals surface area contributed by atoms with Gasteiger partial charge in [0, 0.05) is 24.6 Å². The fraction of sp³-hybridized carbons (Fsp3) is 0.450. The van der Waals surface area contributed by atoms with E-state index in [0.29, 0.717) is 31.4 Å². The zero-order chi connectivity index (χ0) is 19.8. The first-order chi connectivity index (χ1) is 13.5. The second-order valence-electron chi connectivity index (χ2n) is 7.55. The van der Waals surface area contributed by atoms with Crippen LogP contribution in [0.25, 0.3) is 11.4 Å². The molecule has 0 bridgehead atoms. The number of rotatable bonds is 4. The van der Waals surface area contributed by atoms with E-state index in [1.807, 2.05) is 11.0 Å². The number of hydrazine groups is 1. The highest BCUT2D eigenvalue weighted by atomic mass is 16.4. The van der Waals surface area contributed by atoms with Crippen molar-refractivity contribution in [3.63, 3.8) is 0 Å². The number of carbonyl (C=O) groups is 2. The smallest absolute Gasteiger partial charge is 0.335 e. The molecule has 2 aliphatic rings. The lowest BCUT2D eigenvalue weighted by molar-refractivity contribution is -0.135. The SMILES string of the molecule is CCC1NNC(C(=O)N2CCc3nc(-c4cccc(C(=O)O)c4)[nH]c3C2)C1C. The highest BCUT2D eigenvalue weighted by Crippen LogP contribution is 2.25. The Balaban J connectivity index is 1.51. The number of nitrogens with zero attached hydrogens (tertiary/aromatic N) is 2. The number of aromatic nitrogens is 2. The van der Waals surface area contributed by atoms with Crippen molar-refractivity contribution >= 4 is 11.9 Å². The summed E-state index contributed by atoms with van der Waals surface area (Å²) in [6, 6.07) is 6.79. The molecule has 28 heavy (non-hydrogen) atoms. The van der Waals surface area contributed by atoms with Crippen molar-refractivity contribution in [2.45, 2.75) is 45.3 Å². The molecule has 3 atom stereocenters. The molecular formula is C20H25N5O3. The summed E-state index contributed by atoms with van der Waals surface area (Å²) in [7, 11) is 0. The predicted molar refractivity (Wildman–Crippen MR) is 103 cm³/mol. The van der Waals surface area contributed by atoms with E-state index in [-0.39, 0.29) is 23.4 Å². The van der Waals surface area contributed by atoms with Gasteiger partial charge in [0.15, 0.2) is 0 Å². The van der Waals surface area contributed by atoms with Gasteiger partial charge in [-0.1, -0.05) is 26.0 Å². The van der Waals surface area contributed by atoms with E-state index < -0.39 is 5.97 Å². The topological polar surface area (TPSA) is 110 Å². The molecule has 1 aromatic heterocycles. The molecule has 0 spiro atoms. The maximum atomic E-state index is 13.0. The van der Waals surface area contributed by atoms with Gasteiger partial charge in [0.05, 0.1) is 23.5 Å². The van der Waals surface area contributed by atoms with Crippen molar-refractivity contribution in [2.24, 2.45) is 5.92 Å². The third-order valence-corrected chi connectivity index (χ3v) is 5.82. The maximum Gasteiger partial charge on any atom is 0.335 e. The number of benzene rings is 1. The number of aromatic amines is 1. The molecule has 1 amide bonds. The zero-order valence-corrected chi connectivity index (χ0v) is 16.0. The number of hydrogen-bond acceptors (Lipinski definition) is 5. The number of carboxylic acids is 1. The van der Waals surface area contributed by atoms with Crippen molar-refractivity contribution in [3.8, 4) is 11.4 Å². The van der Waals surface area contributed by atoms with Crippen molar-refractivity contribution < 1.29 is 14.7 Å². The van der Waals surface area contributed by atoms with Gasteiger partial charge in [-0.25, -0.2) is 15.2 Å². The van der Waals surface area contributed by atoms with Crippen LogP contribution in [0.3, 0.4) is 0 Å². The number of fused-ring (bicyclic) bond motifs is 1. The van der Waals surface area contributed by atoms with E-state index in [1.54, 1.807) is 18.2 Å². The summed E-state index contributed by atoms with van der Waals surface area (Å²) in [4.78, 5) is 34.0. The van der Waals surface area contributed by atoms with Crippen LogP contribution in [-0.4, -0.2) is 50.5 Å². The molecule has 0 radical (unpaired) electrons. The molecule has 148 valence electrons. The van der Waals surface area contributed by atoms with Gasteiger partial charge >= 0.3 is 5.97 Å². The van der Waals surface area contributed by atoms with E-state index in [9.17, 15) is 14.7 Å². The number of hydrogen-bond donors (Lipinski definition) is 4. The summed E-state index contributed by atoms with van der Waals surface area (Å²) in [5, 5.41) is 9.19. The number of nitrogens with one attached hydrogen (secondary N) is 3. The highest BCUT2D eigenvalue weighted by Gasteiger charge is 2.39. The van der Waals surface area contributed by atoms with Crippen LogP contribution >= 0.6 is 0 Å². The van der Waals surface area contributed by atoms with Crippen molar-refractivity contribution in [2.75, 3.05) is 6.54 Å². The lowest BCUT2D eigenvalue weighted by Gasteiger charge is -2.30. The maximum absolute atomic E-state index is 13.0. The number of aromatic carboxylic acids is 1. The first kappa shape index (κ1) is 18.6. The molecule has 2 aliphatic heterocycles. The average molecular weight is 383 g/mol. The van der Waals surface area contributed by atoms with Gasteiger partial charge in [0.2, 0.25) is 5.91 Å². The summed E-state index contributed by atoms with van der Waals surface area (Å²) < 4.78 is 0. The average Bonchev–Trinajstić information content (AvgIpc) is 3.30. The lowest BCUT2D eigenvalue weighted by Crippen LogP contribution is -2.48. The van der Waals surface area contributed by atoms with Crippen molar-refractivity contribution in [1.82, 2.24) is 25.7 Å². The van der Waals surface area contributed by atoms with Crippen LogP contribution < -0.4 is 10.9 Å². The van der Waals surface area contributed by atoms with Gasteiger partial charge in [-0.05, 0) is 24.5 Å². The Kier molecular flexibility index (Phi) is 4.91. The van der Waals surface area contributed by atoms with Gasteiger partial charge in [0.1, 0.15) is 11.9 Å². The quantitative estimate of drug-likeness (QED) is 0.638. The molecule has 4 rings (SSSR count). The third-order valence-electron chi connectivity index (χ3n) is 5.82. The number of carboxylic acid groups (broad SMARTS) is 1. The minimum atomic E-state index is -0.966. The number of amides is 1. The molecule has 8 nitrogen and oxygen atoms in total. The molecule has 4 N–H and O–H groups in total. The summed E-state index contributed by atoms with van der Waals surface area (Å²) >= 11 is 0. The lowest BCUT2D eigenvalue weighted by atomic mass is 9.93. The molecule has 2 aromatic rings. The summed E-state index contributed by atoms with van der Waals surface area (Å²) in [6.07, 6.45) is 1.66. The minimum absolute atomic E-state index is 0.102. The standard InChI is InChI=1S/C20H25N5O3/c1-3-14-11(2)17(24-23-14)19(26)25-8-7-15-16(10-25)22-18(21-15)12-5-4-6-13(9-12)20(27)28/h4-6,9,11,14,17,23-24H,3,7-8,10H2,1-2H3,(H,21,22)(H,27,28). The summed E-state index contributed by atoms with van der Waals surface area (Å²) in [6.45, 7) is 5.33. The largest absolute Gasteiger partial charge is 0.478 e. The van der Waals surface area contributed by atoms with Gasteiger partial charge in [-0.15, -0.1) is 0 Å². The van der Waals surface area contributed by atoms with E-state index in [0.717, 1.165) is 23.4 Å². The van der Waals surface area contributed by atoms with E-state index >= 15 is 0 Å². The molecule has 1 aromatic carbocycles. The second-order valence-corrected chi connectivity index (χ2v) is 7.55. The molecule has 3 heterocycles. The summed E-state index contributed by atoms with van der Waals surface area (Å²) in [5.74, 6) is 0.00944. The van der Waals surface area contributed by atoms with Crippen LogP contribution in [0.2, 0.25) is 0 Å². The van der Waals surface area contributed by atoms with Crippen LogP contribution in [0, 0.1) is 5.92 Å². The van der Waals surface area contributed by atoms with E-state index in [1.165, 1.54) is 0 Å². The fourth-order valence-electron chi connectivity index (χ4n) is 4.07. The molecule has 3 unspecified atom stereocenters. The minimum Gasteiger partial charge on any atom is -0.478 e. The Morgan fingerprint density at radius 3 is 2.86 bits per heavy atom. The van der Waals surface area contributed by atoms with E-state index in [2.05, 4.69) is 34.7 Å².